The van der Waals surface area contributed by atoms with Crippen molar-refractivity contribution in [1.29, 1.82) is 0 Å². The summed E-state index contributed by atoms with van der Waals surface area (Å²) in [6.45, 7) is -0.177. The molecule has 42 heavy (non-hydrogen) atoms. The minimum Gasteiger partial charge on any atom is -0.480 e. The van der Waals surface area contributed by atoms with Gasteiger partial charge in [0.25, 0.3) is 5.56 Å². The van der Waals surface area contributed by atoms with E-state index in [2.05, 4.69) is 29.9 Å². The van der Waals surface area contributed by atoms with Gasteiger partial charge in [-0.05, 0) is 30.5 Å². The zero-order chi connectivity index (χ0) is 29.8. The largest absolute Gasteiger partial charge is 0.480 e. The lowest BCUT2D eigenvalue weighted by Crippen LogP contribution is -2.26. The molecule has 1 fully saturated rings. The fourth-order valence-electron chi connectivity index (χ4n) is 4.70. The van der Waals surface area contributed by atoms with Crippen LogP contribution in [0.4, 0.5) is 17.6 Å². The summed E-state index contributed by atoms with van der Waals surface area (Å²) in [6, 6.07) is 3.95. The Kier molecular flexibility index (Phi) is 6.58. The van der Waals surface area contributed by atoms with Crippen molar-refractivity contribution in [3.05, 3.63) is 70.0 Å². The molecule has 0 atom stereocenters. The molecule has 15 heteroatoms. The van der Waals surface area contributed by atoms with Gasteiger partial charge in [0, 0.05) is 19.2 Å². The molecule has 0 bridgehead atoms. The SMILES string of the molecule is COc1cnc2nc(-c3c(OC)ncnc3C3CC3)n(Cc3ccc(-c4nc(C(F)(F)F)cn4C)c(F)c3)c(=O)c2n1. The van der Waals surface area contributed by atoms with Gasteiger partial charge in [-0.3, -0.25) is 9.36 Å². The first-order valence-corrected chi connectivity index (χ1v) is 12.7. The molecule has 0 N–H and O–H groups in total. The number of hydrogen-bond donors (Lipinski definition) is 0. The number of nitrogens with zero attached hydrogens (tertiary/aromatic N) is 8. The Balaban J connectivity index is 1.50. The van der Waals surface area contributed by atoms with Gasteiger partial charge in [-0.15, -0.1) is 0 Å². The molecule has 0 saturated heterocycles. The van der Waals surface area contributed by atoms with Crippen LogP contribution in [0.25, 0.3) is 33.9 Å². The standard InChI is InChI=1S/C27H22F4N8O3/c1-38-11-17(27(29,30)31)35-23(38)15-7-4-13(8-16(15)28)10-39-24(19-20(14-5-6-14)33-12-34-25(19)42-3)37-22-21(26(39)40)36-18(41-2)9-32-22/h4,7-9,11-12,14H,5-6,10H2,1-3H3. The van der Waals surface area contributed by atoms with Crippen LogP contribution in [-0.2, 0) is 19.8 Å². The summed E-state index contributed by atoms with van der Waals surface area (Å²) < 4.78 is 67.9. The van der Waals surface area contributed by atoms with Crippen LogP contribution in [0.15, 0.2) is 41.7 Å². The maximum Gasteiger partial charge on any atom is 0.434 e. The van der Waals surface area contributed by atoms with Crippen LogP contribution in [0.1, 0.15) is 35.7 Å². The molecule has 1 aliphatic carbocycles. The van der Waals surface area contributed by atoms with E-state index in [0.29, 0.717) is 16.8 Å². The van der Waals surface area contributed by atoms with Crippen molar-refractivity contribution in [3.63, 3.8) is 0 Å². The van der Waals surface area contributed by atoms with Crippen molar-refractivity contribution in [1.82, 2.24) is 39.0 Å². The summed E-state index contributed by atoms with van der Waals surface area (Å²) in [5.41, 5.74) is -0.495. The first-order valence-electron chi connectivity index (χ1n) is 12.7. The Morgan fingerprint density at radius 3 is 2.45 bits per heavy atom. The van der Waals surface area contributed by atoms with Gasteiger partial charge in [-0.25, -0.2) is 34.3 Å². The number of methoxy groups -OCH3 is 2. The number of aryl methyl sites for hydroxylation is 1. The van der Waals surface area contributed by atoms with Crippen molar-refractivity contribution >= 4 is 11.2 Å². The van der Waals surface area contributed by atoms with Gasteiger partial charge in [0.1, 0.15) is 23.5 Å². The van der Waals surface area contributed by atoms with E-state index < -0.39 is 23.2 Å². The molecule has 0 aliphatic heterocycles. The molecule has 1 aliphatic rings. The van der Waals surface area contributed by atoms with Gasteiger partial charge < -0.3 is 14.0 Å². The highest BCUT2D eigenvalue weighted by Crippen LogP contribution is 2.45. The molecule has 11 nitrogen and oxygen atoms in total. The van der Waals surface area contributed by atoms with Crippen molar-refractivity contribution in [2.24, 2.45) is 7.05 Å². The minimum atomic E-state index is -4.68. The molecule has 1 saturated carbocycles. The third-order valence-electron chi connectivity index (χ3n) is 6.86. The zero-order valence-corrected chi connectivity index (χ0v) is 22.5. The number of rotatable bonds is 7. The number of benzene rings is 1. The van der Waals surface area contributed by atoms with Crippen molar-refractivity contribution in [3.8, 4) is 34.5 Å². The third kappa shape index (κ3) is 4.80. The van der Waals surface area contributed by atoms with E-state index in [0.717, 1.165) is 29.7 Å². The van der Waals surface area contributed by atoms with E-state index in [4.69, 9.17) is 9.47 Å². The maximum absolute atomic E-state index is 15.4. The number of aromatic nitrogens is 8. The molecule has 0 unspecified atom stereocenters. The lowest BCUT2D eigenvalue weighted by Gasteiger charge is -2.17. The monoisotopic (exact) mass is 582 g/mol. The predicted octanol–water partition coefficient (Wildman–Crippen LogP) is 4.14. The number of alkyl halides is 3. The molecular weight excluding hydrogens is 560 g/mol. The van der Waals surface area contributed by atoms with Crippen molar-refractivity contribution in [2.75, 3.05) is 14.2 Å². The molecule has 6 rings (SSSR count). The average molecular weight is 583 g/mol. The van der Waals surface area contributed by atoms with Gasteiger partial charge >= 0.3 is 6.18 Å². The molecule has 1 aromatic carbocycles. The molecule has 4 heterocycles. The zero-order valence-electron chi connectivity index (χ0n) is 22.5. The normalized spacial score (nSPS) is 13.5. The molecular formula is C27H22F4N8O3. The molecule has 0 spiro atoms. The summed E-state index contributed by atoms with van der Waals surface area (Å²) in [7, 11) is 4.17. The van der Waals surface area contributed by atoms with Gasteiger partial charge in [-0.2, -0.15) is 13.2 Å². The molecule has 216 valence electrons. The average Bonchev–Trinajstić information content (AvgIpc) is 3.74. The first-order chi connectivity index (χ1) is 20.1. The lowest BCUT2D eigenvalue weighted by molar-refractivity contribution is -0.140. The molecule has 4 aromatic heterocycles. The summed E-state index contributed by atoms with van der Waals surface area (Å²) in [6.07, 6.45) is 0.590. The number of halogens is 4. The highest BCUT2D eigenvalue weighted by Gasteiger charge is 2.35. The predicted molar refractivity (Wildman–Crippen MR) is 140 cm³/mol. The Bertz CT molecular complexity index is 1900. The fraction of sp³-hybridized carbons (Fsp3) is 0.296. The van der Waals surface area contributed by atoms with Crippen LogP contribution in [-0.4, -0.2) is 53.3 Å². The van der Waals surface area contributed by atoms with Crippen LogP contribution >= 0.6 is 0 Å². The third-order valence-corrected chi connectivity index (χ3v) is 6.86. The van der Waals surface area contributed by atoms with Crippen molar-refractivity contribution in [2.45, 2.75) is 31.5 Å². The minimum absolute atomic E-state index is 0.0523. The van der Waals surface area contributed by atoms with E-state index in [-0.39, 0.29) is 52.6 Å². The van der Waals surface area contributed by atoms with Crippen LogP contribution in [0.3, 0.4) is 0 Å². The van der Waals surface area contributed by atoms with Crippen LogP contribution < -0.4 is 15.0 Å². The summed E-state index contributed by atoms with van der Waals surface area (Å²) >= 11 is 0. The second kappa shape index (κ2) is 10.2. The second-order valence-corrected chi connectivity index (χ2v) is 9.70. The number of hydrogen-bond acceptors (Lipinski definition) is 9. The van der Waals surface area contributed by atoms with Crippen LogP contribution in [0.5, 0.6) is 11.8 Å². The quantitative estimate of drug-likeness (QED) is 0.261. The highest BCUT2D eigenvalue weighted by molar-refractivity contribution is 5.75. The summed E-state index contributed by atoms with van der Waals surface area (Å²) in [5, 5.41) is 0. The van der Waals surface area contributed by atoms with Gasteiger partial charge in [0.05, 0.1) is 38.2 Å². The van der Waals surface area contributed by atoms with Crippen LogP contribution in [0, 0.1) is 5.82 Å². The first kappa shape index (κ1) is 27.2. The van der Waals surface area contributed by atoms with Gasteiger partial charge in [0.2, 0.25) is 11.8 Å². The van der Waals surface area contributed by atoms with Crippen molar-refractivity contribution < 1.29 is 27.0 Å². The summed E-state index contributed by atoms with van der Waals surface area (Å²) in [4.78, 5) is 39.2. The van der Waals surface area contributed by atoms with Crippen LogP contribution in [0.2, 0.25) is 0 Å². The maximum atomic E-state index is 15.4. The summed E-state index contributed by atoms with van der Waals surface area (Å²) in [5.74, 6) is -0.446. The molecule has 0 radical (unpaired) electrons. The lowest BCUT2D eigenvalue weighted by atomic mass is 10.1. The van der Waals surface area contributed by atoms with Gasteiger partial charge in [0.15, 0.2) is 22.7 Å². The Morgan fingerprint density at radius 1 is 1.02 bits per heavy atom. The van der Waals surface area contributed by atoms with E-state index in [9.17, 15) is 18.0 Å². The van der Waals surface area contributed by atoms with Gasteiger partial charge in [-0.1, -0.05) is 6.07 Å². The fourth-order valence-corrected chi connectivity index (χ4v) is 4.70. The highest BCUT2D eigenvalue weighted by atomic mass is 19.4. The molecule has 0 amide bonds. The molecule has 5 aromatic rings. The van der Waals surface area contributed by atoms with E-state index >= 15 is 4.39 Å². The van der Waals surface area contributed by atoms with E-state index in [1.54, 1.807) is 0 Å². The smallest absolute Gasteiger partial charge is 0.434 e. The second-order valence-electron chi connectivity index (χ2n) is 9.70. The Morgan fingerprint density at radius 2 is 1.81 bits per heavy atom. The van der Waals surface area contributed by atoms with E-state index in [1.165, 1.54) is 50.5 Å². The number of imidazole rings is 1. The Labute approximate surface area is 234 Å². The Hall–Kier alpha value is -4.95. The number of fused-ring (bicyclic) bond motifs is 1. The topological polar surface area (TPSA) is 123 Å². The number of ether oxygens (including phenoxy) is 2. The van der Waals surface area contributed by atoms with E-state index in [1.807, 2.05) is 0 Å².